The molecular weight excluding hydrogens is 284 g/mol. The average molecular weight is 299 g/mol. The first-order chi connectivity index (χ1) is 10.2. The lowest BCUT2D eigenvalue weighted by atomic mass is 9.87. The molecule has 0 saturated carbocycles. The number of anilines is 1. The van der Waals surface area contributed by atoms with Crippen molar-refractivity contribution in [2.24, 2.45) is 4.99 Å². The summed E-state index contributed by atoms with van der Waals surface area (Å²) in [5.74, 6) is 0.720. The Hall–Kier alpha value is -1.84. The van der Waals surface area contributed by atoms with Gasteiger partial charge >= 0.3 is 0 Å². The van der Waals surface area contributed by atoms with Gasteiger partial charge in [0, 0.05) is 29.4 Å². The summed E-state index contributed by atoms with van der Waals surface area (Å²) in [7, 11) is 0. The molecule has 2 aromatic carbocycles. The molecule has 2 heterocycles. The fourth-order valence-electron chi connectivity index (χ4n) is 3.27. The van der Waals surface area contributed by atoms with Gasteiger partial charge in [-0.25, -0.2) is 0 Å². The quantitative estimate of drug-likeness (QED) is 0.877. The second-order valence-corrected chi connectivity index (χ2v) is 5.88. The number of aliphatic hydroxyl groups is 1. The van der Waals surface area contributed by atoms with Gasteiger partial charge in [0.05, 0.1) is 0 Å². The molecule has 3 nitrogen and oxygen atoms in total. The molecule has 0 radical (unpaired) electrons. The van der Waals surface area contributed by atoms with Crippen LogP contribution < -0.4 is 4.90 Å². The van der Waals surface area contributed by atoms with Gasteiger partial charge < -0.3 is 10.0 Å². The predicted octanol–water partition coefficient (Wildman–Crippen LogP) is 3.20. The Labute approximate surface area is 128 Å². The summed E-state index contributed by atoms with van der Waals surface area (Å²) in [6.07, 6.45) is 0.996. The predicted molar refractivity (Wildman–Crippen MR) is 85.2 cm³/mol. The fourth-order valence-corrected chi connectivity index (χ4v) is 3.44. The van der Waals surface area contributed by atoms with Gasteiger partial charge in [0.2, 0.25) is 0 Å². The molecule has 1 unspecified atom stereocenters. The molecule has 1 N–H and O–H groups in total. The Morgan fingerprint density at radius 1 is 1.14 bits per heavy atom. The van der Waals surface area contributed by atoms with Crippen molar-refractivity contribution in [3.05, 3.63) is 64.7 Å². The van der Waals surface area contributed by atoms with E-state index in [1.54, 1.807) is 0 Å². The first-order valence-corrected chi connectivity index (χ1v) is 7.49. The molecule has 106 valence electrons. The van der Waals surface area contributed by atoms with Gasteiger partial charge in [-0.15, -0.1) is 0 Å². The summed E-state index contributed by atoms with van der Waals surface area (Å²) >= 11 is 6.17. The van der Waals surface area contributed by atoms with Crippen LogP contribution in [0.4, 0.5) is 5.69 Å². The normalized spacial score (nSPS) is 23.5. The van der Waals surface area contributed by atoms with E-state index in [4.69, 9.17) is 11.6 Å². The van der Waals surface area contributed by atoms with Gasteiger partial charge in [-0.05, 0) is 30.2 Å². The minimum Gasteiger partial charge on any atom is -0.373 e. The van der Waals surface area contributed by atoms with Crippen molar-refractivity contribution in [1.82, 2.24) is 0 Å². The van der Waals surface area contributed by atoms with Crippen LogP contribution in [0.3, 0.4) is 0 Å². The van der Waals surface area contributed by atoms with Gasteiger partial charge in [-0.2, -0.15) is 0 Å². The van der Waals surface area contributed by atoms with E-state index in [2.05, 4.69) is 9.89 Å². The number of fused-ring (bicyclic) bond motifs is 3. The smallest absolute Gasteiger partial charge is 0.174 e. The second kappa shape index (κ2) is 4.58. The Bertz CT molecular complexity index is 729. The van der Waals surface area contributed by atoms with E-state index in [0.29, 0.717) is 5.02 Å². The largest absolute Gasteiger partial charge is 0.373 e. The highest BCUT2D eigenvalue weighted by Crippen LogP contribution is 2.46. The molecule has 0 spiro atoms. The maximum Gasteiger partial charge on any atom is 0.174 e. The maximum atomic E-state index is 11.5. The van der Waals surface area contributed by atoms with Crippen LogP contribution >= 0.6 is 11.6 Å². The van der Waals surface area contributed by atoms with Crippen molar-refractivity contribution in [3.8, 4) is 0 Å². The SMILES string of the molecule is OC1(c2ccccc2)C2=NCCCN2c2ccc(Cl)cc21. The molecule has 1 atom stereocenters. The van der Waals surface area contributed by atoms with E-state index in [1.165, 1.54) is 0 Å². The molecule has 4 rings (SSSR count). The van der Waals surface area contributed by atoms with Crippen molar-refractivity contribution in [1.29, 1.82) is 0 Å². The van der Waals surface area contributed by atoms with Crippen LogP contribution in [0.15, 0.2) is 53.5 Å². The van der Waals surface area contributed by atoms with Crippen molar-refractivity contribution in [3.63, 3.8) is 0 Å². The highest BCUT2D eigenvalue weighted by molar-refractivity contribution is 6.31. The van der Waals surface area contributed by atoms with Crippen LogP contribution in [0.2, 0.25) is 5.02 Å². The maximum absolute atomic E-state index is 11.5. The molecule has 2 aliphatic rings. The number of hydrogen-bond donors (Lipinski definition) is 1. The molecule has 0 fully saturated rings. The molecule has 2 aliphatic heterocycles. The van der Waals surface area contributed by atoms with E-state index >= 15 is 0 Å². The van der Waals surface area contributed by atoms with Gasteiger partial charge in [0.25, 0.3) is 0 Å². The number of halogens is 1. The molecule has 4 heteroatoms. The zero-order valence-corrected chi connectivity index (χ0v) is 12.2. The fraction of sp³-hybridized carbons (Fsp3) is 0.235. The number of hydrogen-bond acceptors (Lipinski definition) is 3. The molecule has 21 heavy (non-hydrogen) atoms. The van der Waals surface area contributed by atoms with Crippen LogP contribution in [-0.4, -0.2) is 24.0 Å². The summed E-state index contributed by atoms with van der Waals surface area (Å²) in [6.45, 7) is 1.63. The van der Waals surface area contributed by atoms with E-state index in [0.717, 1.165) is 42.2 Å². The Kier molecular flexibility index (Phi) is 2.81. The van der Waals surface area contributed by atoms with E-state index in [9.17, 15) is 5.11 Å². The summed E-state index contributed by atoms with van der Waals surface area (Å²) in [5.41, 5.74) is 1.45. The van der Waals surface area contributed by atoms with Crippen molar-refractivity contribution in [2.45, 2.75) is 12.0 Å². The average Bonchev–Trinajstić information content (AvgIpc) is 2.79. The number of rotatable bonds is 1. The first kappa shape index (κ1) is 12.9. The third-order valence-corrected chi connectivity index (χ3v) is 4.45. The number of amidine groups is 1. The Morgan fingerprint density at radius 3 is 2.76 bits per heavy atom. The molecule has 0 aliphatic carbocycles. The van der Waals surface area contributed by atoms with Gasteiger partial charge in [0.15, 0.2) is 5.60 Å². The van der Waals surface area contributed by atoms with Crippen LogP contribution in [-0.2, 0) is 5.60 Å². The number of benzene rings is 2. The lowest BCUT2D eigenvalue weighted by molar-refractivity contribution is 0.158. The number of nitrogens with zero attached hydrogens (tertiary/aromatic N) is 2. The topological polar surface area (TPSA) is 35.8 Å². The highest BCUT2D eigenvalue weighted by atomic mass is 35.5. The van der Waals surface area contributed by atoms with Crippen LogP contribution in [0.1, 0.15) is 17.5 Å². The minimum absolute atomic E-state index is 0.628. The zero-order valence-electron chi connectivity index (χ0n) is 11.5. The first-order valence-electron chi connectivity index (χ1n) is 7.11. The molecular formula is C17H15ClN2O. The van der Waals surface area contributed by atoms with E-state index in [-0.39, 0.29) is 0 Å². The zero-order chi connectivity index (χ0) is 14.4. The van der Waals surface area contributed by atoms with E-state index < -0.39 is 5.60 Å². The summed E-state index contributed by atoms with van der Waals surface area (Å²) in [4.78, 5) is 6.73. The van der Waals surface area contributed by atoms with Crippen LogP contribution in [0.5, 0.6) is 0 Å². The molecule has 0 aromatic heterocycles. The Morgan fingerprint density at radius 2 is 1.95 bits per heavy atom. The monoisotopic (exact) mass is 298 g/mol. The Balaban J connectivity index is 2.01. The van der Waals surface area contributed by atoms with Crippen LogP contribution in [0.25, 0.3) is 0 Å². The van der Waals surface area contributed by atoms with Crippen molar-refractivity contribution < 1.29 is 5.11 Å². The number of aliphatic imine (C=N–C) groups is 1. The van der Waals surface area contributed by atoms with Crippen molar-refractivity contribution >= 4 is 23.1 Å². The minimum atomic E-state index is -1.21. The third-order valence-electron chi connectivity index (χ3n) is 4.21. The highest BCUT2D eigenvalue weighted by Gasteiger charge is 2.49. The lowest BCUT2D eigenvalue weighted by Gasteiger charge is -2.30. The molecule has 0 amide bonds. The van der Waals surface area contributed by atoms with Gasteiger partial charge in [-0.1, -0.05) is 41.9 Å². The standard InChI is InChI=1S/C17H15ClN2O/c18-13-7-8-15-14(11-13)17(21,12-5-2-1-3-6-12)16-19-9-4-10-20(15)16/h1-3,5-8,11,21H,4,9-10H2. The van der Waals surface area contributed by atoms with E-state index in [1.807, 2.05) is 48.5 Å². The lowest BCUT2D eigenvalue weighted by Crippen LogP contribution is -2.44. The van der Waals surface area contributed by atoms with Crippen LogP contribution in [0, 0.1) is 0 Å². The summed E-state index contributed by atoms with van der Waals surface area (Å²) < 4.78 is 0. The van der Waals surface area contributed by atoms with Gasteiger partial charge in [-0.3, -0.25) is 4.99 Å². The van der Waals surface area contributed by atoms with Crippen molar-refractivity contribution in [2.75, 3.05) is 18.0 Å². The van der Waals surface area contributed by atoms with Gasteiger partial charge in [0.1, 0.15) is 5.84 Å². The third kappa shape index (κ3) is 1.74. The summed E-state index contributed by atoms with van der Waals surface area (Å²) in [5, 5.41) is 12.1. The second-order valence-electron chi connectivity index (χ2n) is 5.45. The summed E-state index contributed by atoms with van der Waals surface area (Å²) in [6, 6.07) is 15.4. The molecule has 0 saturated heterocycles. The molecule has 2 aromatic rings. The molecule has 0 bridgehead atoms.